The molecule has 3 aromatic heterocycles. The Kier molecular flexibility index (Phi) is 5.01. The number of aliphatic hydroxyl groups excluding tert-OH is 1. The molecule has 0 unspecified atom stereocenters. The van der Waals surface area contributed by atoms with E-state index in [1.807, 2.05) is 55.7 Å². The van der Waals surface area contributed by atoms with Crippen LogP contribution in [-0.2, 0) is 13.5 Å². The molecule has 5 aromatic rings. The average molecular weight is 410 g/mol. The highest BCUT2D eigenvalue weighted by molar-refractivity contribution is 5.95. The monoisotopic (exact) mass is 410 g/mol. The number of aromatic nitrogens is 6. The van der Waals surface area contributed by atoms with Gasteiger partial charge in [-0.1, -0.05) is 48.5 Å². The van der Waals surface area contributed by atoms with Crippen LogP contribution in [0.4, 0.5) is 0 Å². The van der Waals surface area contributed by atoms with E-state index in [0.29, 0.717) is 30.3 Å². The summed E-state index contributed by atoms with van der Waals surface area (Å²) in [6, 6.07) is 22.2. The maximum atomic E-state index is 9.26. The minimum Gasteiger partial charge on any atom is -0.396 e. The summed E-state index contributed by atoms with van der Waals surface area (Å²) in [5.41, 5.74) is 3.75. The molecule has 0 bridgehead atoms. The third-order valence-electron chi connectivity index (χ3n) is 5.15. The molecule has 31 heavy (non-hydrogen) atoms. The molecule has 0 saturated heterocycles. The van der Waals surface area contributed by atoms with Crippen LogP contribution in [0.3, 0.4) is 0 Å². The Hall–Kier alpha value is -3.84. The molecule has 0 amide bonds. The number of nitrogens with zero attached hydrogens (tertiary/aromatic N) is 6. The first-order valence-corrected chi connectivity index (χ1v) is 10.3. The molecule has 0 aliphatic heterocycles. The van der Waals surface area contributed by atoms with Crippen molar-refractivity contribution in [2.75, 3.05) is 6.61 Å². The van der Waals surface area contributed by atoms with Gasteiger partial charge in [0.1, 0.15) is 0 Å². The second-order valence-electron chi connectivity index (χ2n) is 7.38. The minimum atomic E-state index is 0.101. The van der Waals surface area contributed by atoms with Crippen molar-refractivity contribution < 1.29 is 5.11 Å². The molecule has 2 aromatic carbocycles. The Morgan fingerprint density at radius 1 is 0.903 bits per heavy atom. The summed E-state index contributed by atoms with van der Waals surface area (Å²) in [4.78, 5) is 9.74. The Morgan fingerprint density at radius 3 is 2.48 bits per heavy atom. The van der Waals surface area contributed by atoms with Crippen LogP contribution < -0.4 is 0 Å². The SMILES string of the molecule is Cn1ccc(-n2nc(CCCO)nc2-c2cc(-c3ccccc3)nc3ccccc23)n1. The van der Waals surface area contributed by atoms with Crippen LogP contribution in [0.2, 0.25) is 0 Å². The maximum Gasteiger partial charge on any atom is 0.177 e. The van der Waals surface area contributed by atoms with Crippen molar-refractivity contribution in [2.24, 2.45) is 7.05 Å². The predicted octanol–water partition coefficient (Wildman–Crippen LogP) is 3.81. The van der Waals surface area contributed by atoms with Crippen LogP contribution in [0.5, 0.6) is 0 Å². The van der Waals surface area contributed by atoms with Crippen LogP contribution in [-0.4, -0.2) is 41.2 Å². The lowest BCUT2D eigenvalue weighted by Gasteiger charge is -2.10. The Bertz CT molecular complexity index is 1340. The van der Waals surface area contributed by atoms with Crippen molar-refractivity contribution in [3.05, 3.63) is 78.8 Å². The van der Waals surface area contributed by atoms with Crippen molar-refractivity contribution in [1.82, 2.24) is 29.5 Å². The fourth-order valence-corrected chi connectivity index (χ4v) is 3.66. The zero-order chi connectivity index (χ0) is 21.2. The first-order chi connectivity index (χ1) is 15.2. The number of para-hydroxylation sites is 1. The van der Waals surface area contributed by atoms with Gasteiger partial charge in [0.25, 0.3) is 0 Å². The van der Waals surface area contributed by atoms with E-state index in [2.05, 4.69) is 29.4 Å². The van der Waals surface area contributed by atoms with Gasteiger partial charge >= 0.3 is 0 Å². The number of fused-ring (bicyclic) bond motifs is 1. The van der Waals surface area contributed by atoms with Crippen molar-refractivity contribution in [3.8, 4) is 28.5 Å². The fourth-order valence-electron chi connectivity index (χ4n) is 3.66. The van der Waals surface area contributed by atoms with E-state index in [4.69, 9.17) is 15.1 Å². The van der Waals surface area contributed by atoms with E-state index in [1.165, 1.54) is 0 Å². The van der Waals surface area contributed by atoms with Crippen molar-refractivity contribution in [2.45, 2.75) is 12.8 Å². The summed E-state index contributed by atoms with van der Waals surface area (Å²) in [6.45, 7) is 0.101. The van der Waals surface area contributed by atoms with Gasteiger partial charge in [0.2, 0.25) is 0 Å². The second-order valence-corrected chi connectivity index (χ2v) is 7.38. The van der Waals surface area contributed by atoms with Crippen molar-refractivity contribution in [1.29, 1.82) is 0 Å². The van der Waals surface area contributed by atoms with Gasteiger partial charge < -0.3 is 5.11 Å². The third-order valence-corrected chi connectivity index (χ3v) is 5.15. The van der Waals surface area contributed by atoms with Crippen molar-refractivity contribution >= 4 is 10.9 Å². The molecule has 0 aliphatic carbocycles. The summed E-state index contributed by atoms with van der Waals surface area (Å²) in [6.07, 6.45) is 3.09. The molecular weight excluding hydrogens is 388 g/mol. The number of hydrogen-bond donors (Lipinski definition) is 1. The molecule has 0 atom stereocenters. The van der Waals surface area contributed by atoms with Gasteiger partial charge in [-0.05, 0) is 18.6 Å². The zero-order valence-electron chi connectivity index (χ0n) is 17.2. The lowest BCUT2D eigenvalue weighted by molar-refractivity contribution is 0.287. The van der Waals surface area contributed by atoms with E-state index in [-0.39, 0.29) is 6.61 Å². The van der Waals surface area contributed by atoms with Gasteiger partial charge in [-0.15, -0.1) is 5.10 Å². The molecule has 154 valence electrons. The number of rotatable bonds is 6. The molecule has 5 rings (SSSR count). The van der Waals surface area contributed by atoms with Gasteiger partial charge in [-0.25, -0.2) is 9.97 Å². The van der Waals surface area contributed by atoms with Gasteiger partial charge in [-0.2, -0.15) is 9.78 Å². The van der Waals surface area contributed by atoms with Crippen LogP contribution in [0, 0.1) is 0 Å². The Morgan fingerprint density at radius 2 is 1.71 bits per heavy atom. The highest BCUT2D eigenvalue weighted by atomic mass is 16.2. The van der Waals surface area contributed by atoms with Gasteiger partial charge in [0.15, 0.2) is 17.5 Å². The molecular formula is C24H22N6O. The highest BCUT2D eigenvalue weighted by Gasteiger charge is 2.19. The molecule has 3 heterocycles. The smallest absolute Gasteiger partial charge is 0.177 e. The van der Waals surface area contributed by atoms with Gasteiger partial charge in [-0.3, -0.25) is 4.68 Å². The van der Waals surface area contributed by atoms with Gasteiger partial charge in [0, 0.05) is 48.9 Å². The first kappa shape index (κ1) is 19.1. The average Bonchev–Trinajstić information content (AvgIpc) is 3.43. The van der Waals surface area contributed by atoms with Crippen LogP contribution in [0.1, 0.15) is 12.2 Å². The van der Waals surface area contributed by atoms with E-state index in [9.17, 15) is 5.11 Å². The number of hydrogen-bond acceptors (Lipinski definition) is 5. The minimum absolute atomic E-state index is 0.101. The molecule has 0 saturated carbocycles. The van der Waals surface area contributed by atoms with Crippen molar-refractivity contribution in [3.63, 3.8) is 0 Å². The normalized spacial score (nSPS) is 11.3. The second kappa shape index (κ2) is 8.12. The first-order valence-electron chi connectivity index (χ1n) is 10.3. The lowest BCUT2D eigenvalue weighted by Crippen LogP contribution is -2.03. The van der Waals surface area contributed by atoms with Crippen LogP contribution >= 0.6 is 0 Å². The largest absolute Gasteiger partial charge is 0.396 e. The number of aliphatic hydroxyl groups is 1. The highest BCUT2D eigenvalue weighted by Crippen LogP contribution is 2.32. The van der Waals surface area contributed by atoms with E-state index < -0.39 is 0 Å². The molecule has 7 heteroatoms. The van der Waals surface area contributed by atoms with Gasteiger partial charge in [0.05, 0.1) is 11.2 Å². The van der Waals surface area contributed by atoms with E-state index in [0.717, 1.165) is 27.7 Å². The fraction of sp³-hybridized carbons (Fsp3) is 0.167. The third kappa shape index (κ3) is 3.71. The summed E-state index contributed by atoms with van der Waals surface area (Å²) in [7, 11) is 1.88. The Labute approximate surface area is 179 Å². The molecule has 0 spiro atoms. The lowest BCUT2D eigenvalue weighted by atomic mass is 10.0. The summed E-state index contributed by atoms with van der Waals surface area (Å²) in [5.74, 6) is 2.08. The number of pyridine rings is 1. The molecule has 0 aliphatic rings. The Balaban J connectivity index is 1.75. The summed E-state index contributed by atoms with van der Waals surface area (Å²) >= 11 is 0. The number of aryl methyl sites for hydroxylation is 2. The topological polar surface area (TPSA) is 81.7 Å². The quantitative estimate of drug-likeness (QED) is 0.460. The van der Waals surface area contributed by atoms with E-state index in [1.54, 1.807) is 9.36 Å². The maximum absolute atomic E-state index is 9.26. The van der Waals surface area contributed by atoms with Crippen LogP contribution in [0.25, 0.3) is 39.4 Å². The van der Waals surface area contributed by atoms with Crippen LogP contribution in [0.15, 0.2) is 72.9 Å². The van der Waals surface area contributed by atoms with E-state index >= 15 is 0 Å². The summed E-state index contributed by atoms with van der Waals surface area (Å²) < 4.78 is 3.53. The zero-order valence-corrected chi connectivity index (χ0v) is 17.2. The molecule has 1 N–H and O–H groups in total. The predicted molar refractivity (Wildman–Crippen MR) is 120 cm³/mol. The standard InChI is InChI=1S/C24H22N6O/c1-29-14-13-23(28-29)30-24(26-22(27-30)12-7-15-31)19-16-21(17-8-3-2-4-9-17)25-20-11-6-5-10-18(19)20/h2-6,8-11,13-14,16,31H,7,12,15H2,1H3. The summed E-state index contributed by atoms with van der Waals surface area (Å²) in [5, 5.41) is 19.5. The molecule has 0 fully saturated rings. The number of benzene rings is 2. The molecule has 0 radical (unpaired) electrons. The molecule has 7 nitrogen and oxygen atoms in total.